The summed E-state index contributed by atoms with van der Waals surface area (Å²) in [5.74, 6) is -0.207. The van der Waals surface area contributed by atoms with E-state index >= 15 is 0 Å². The van der Waals surface area contributed by atoms with Crippen LogP contribution in [0.5, 0.6) is 5.88 Å². The molecular formula is C11H13N5O2. The Kier molecular flexibility index (Phi) is 2.26. The molecule has 3 heterocycles. The van der Waals surface area contributed by atoms with Crippen molar-refractivity contribution >= 4 is 11.9 Å². The topological polar surface area (TPSA) is 120 Å². The number of imidazole rings is 1. The fourth-order valence-corrected chi connectivity index (χ4v) is 2.38. The third kappa shape index (κ3) is 1.52. The van der Waals surface area contributed by atoms with Crippen LogP contribution >= 0.6 is 0 Å². The normalized spacial score (nSPS) is 19.1. The maximum Gasteiger partial charge on any atom is 0.268 e. The summed E-state index contributed by atoms with van der Waals surface area (Å²) in [5, 5.41) is 12.6. The SMILES string of the molecule is Nc1nc(O)c(C2CCNC(=O)c3[nH]ccc32)[nH]1. The number of aromatic amines is 2. The van der Waals surface area contributed by atoms with Crippen molar-refractivity contribution < 1.29 is 9.90 Å². The monoisotopic (exact) mass is 247 g/mol. The molecule has 1 atom stereocenters. The van der Waals surface area contributed by atoms with Gasteiger partial charge in [0.2, 0.25) is 11.8 Å². The minimum atomic E-state index is -0.135. The molecule has 0 fully saturated rings. The largest absolute Gasteiger partial charge is 0.492 e. The number of aromatic hydroxyl groups is 1. The highest BCUT2D eigenvalue weighted by Crippen LogP contribution is 2.35. The summed E-state index contributed by atoms with van der Waals surface area (Å²) in [5.41, 5.74) is 7.43. The van der Waals surface area contributed by atoms with Gasteiger partial charge in [-0.15, -0.1) is 0 Å². The molecule has 3 rings (SSSR count). The number of hydrogen-bond acceptors (Lipinski definition) is 4. The number of nitrogens with two attached hydrogens (primary N) is 1. The maximum absolute atomic E-state index is 11.8. The van der Waals surface area contributed by atoms with Crippen LogP contribution < -0.4 is 11.1 Å². The van der Waals surface area contributed by atoms with Crippen molar-refractivity contribution in [1.82, 2.24) is 20.3 Å². The van der Waals surface area contributed by atoms with Gasteiger partial charge in [0.05, 0.1) is 5.69 Å². The Labute approximate surface area is 102 Å². The number of rotatable bonds is 1. The highest BCUT2D eigenvalue weighted by Gasteiger charge is 2.28. The summed E-state index contributed by atoms with van der Waals surface area (Å²) in [6.07, 6.45) is 2.38. The van der Waals surface area contributed by atoms with Crippen LogP contribution in [-0.2, 0) is 0 Å². The fraction of sp³-hybridized carbons (Fsp3) is 0.273. The molecule has 0 aliphatic carbocycles. The molecule has 0 saturated heterocycles. The quantitative estimate of drug-likeness (QED) is 0.497. The van der Waals surface area contributed by atoms with E-state index in [1.165, 1.54) is 0 Å². The number of H-pyrrole nitrogens is 2. The maximum atomic E-state index is 11.8. The molecule has 7 nitrogen and oxygen atoms in total. The van der Waals surface area contributed by atoms with E-state index in [1.807, 2.05) is 6.07 Å². The van der Waals surface area contributed by atoms with Crippen LogP contribution in [0.4, 0.5) is 5.95 Å². The number of anilines is 1. The van der Waals surface area contributed by atoms with E-state index in [4.69, 9.17) is 5.73 Å². The minimum Gasteiger partial charge on any atom is -0.492 e. The van der Waals surface area contributed by atoms with Crippen molar-refractivity contribution in [3.8, 4) is 5.88 Å². The predicted octanol–water partition coefficient (Wildman–Crippen LogP) is 0.291. The number of amides is 1. The molecule has 18 heavy (non-hydrogen) atoms. The Morgan fingerprint density at radius 3 is 3.06 bits per heavy atom. The van der Waals surface area contributed by atoms with Gasteiger partial charge in [0.25, 0.3) is 5.91 Å². The molecule has 0 bridgehead atoms. The smallest absolute Gasteiger partial charge is 0.268 e. The Balaban J connectivity index is 2.10. The van der Waals surface area contributed by atoms with E-state index in [0.717, 1.165) is 5.56 Å². The summed E-state index contributed by atoms with van der Waals surface area (Å²) in [6, 6.07) is 1.83. The molecule has 0 spiro atoms. The summed E-state index contributed by atoms with van der Waals surface area (Å²) in [7, 11) is 0. The third-order valence-electron chi connectivity index (χ3n) is 3.18. The van der Waals surface area contributed by atoms with E-state index in [0.29, 0.717) is 24.4 Å². The molecule has 0 saturated carbocycles. The Bertz CT molecular complexity index is 600. The first kappa shape index (κ1) is 10.7. The summed E-state index contributed by atoms with van der Waals surface area (Å²) < 4.78 is 0. The first-order valence-electron chi connectivity index (χ1n) is 5.66. The van der Waals surface area contributed by atoms with Gasteiger partial charge >= 0.3 is 0 Å². The van der Waals surface area contributed by atoms with Crippen LogP contribution in [0.15, 0.2) is 12.3 Å². The van der Waals surface area contributed by atoms with Crippen LogP contribution in [0.25, 0.3) is 0 Å². The highest BCUT2D eigenvalue weighted by atomic mass is 16.3. The Hall–Kier alpha value is -2.44. The van der Waals surface area contributed by atoms with Gasteiger partial charge in [-0.25, -0.2) is 0 Å². The standard InChI is InChI=1S/C11H13N5O2/c12-11-15-8(10(18)16-11)6-2-4-14-9(17)7-5(6)1-3-13-7/h1,3,6,13,18H,2,4H2,(H,14,17)(H3,12,15,16). The number of aromatic nitrogens is 3. The van der Waals surface area contributed by atoms with Crippen molar-refractivity contribution in [3.63, 3.8) is 0 Å². The van der Waals surface area contributed by atoms with Crippen LogP contribution in [0.3, 0.4) is 0 Å². The van der Waals surface area contributed by atoms with Gasteiger partial charge in [0.15, 0.2) is 0 Å². The Morgan fingerprint density at radius 2 is 2.33 bits per heavy atom. The fourth-order valence-electron chi connectivity index (χ4n) is 2.38. The minimum absolute atomic E-state index is 0.112. The van der Waals surface area contributed by atoms with E-state index < -0.39 is 0 Å². The van der Waals surface area contributed by atoms with E-state index in [1.54, 1.807) is 6.20 Å². The number of nitrogen functional groups attached to an aromatic ring is 1. The first-order chi connectivity index (χ1) is 8.66. The summed E-state index contributed by atoms with van der Waals surface area (Å²) in [4.78, 5) is 21.3. The van der Waals surface area contributed by atoms with Gasteiger partial charge < -0.3 is 26.1 Å². The number of nitrogens with one attached hydrogen (secondary N) is 3. The van der Waals surface area contributed by atoms with Crippen LogP contribution in [0.1, 0.15) is 34.1 Å². The average Bonchev–Trinajstić information content (AvgIpc) is 2.88. The van der Waals surface area contributed by atoms with Crippen molar-refractivity contribution in [2.45, 2.75) is 12.3 Å². The van der Waals surface area contributed by atoms with Gasteiger partial charge in [0.1, 0.15) is 5.69 Å². The van der Waals surface area contributed by atoms with Gasteiger partial charge in [-0.05, 0) is 18.1 Å². The molecule has 1 unspecified atom stereocenters. The molecule has 94 valence electrons. The summed E-state index contributed by atoms with van der Waals surface area (Å²) in [6.45, 7) is 0.532. The zero-order chi connectivity index (χ0) is 12.7. The van der Waals surface area contributed by atoms with Gasteiger partial charge in [-0.2, -0.15) is 4.98 Å². The van der Waals surface area contributed by atoms with E-state index in [-0.39, 0.29) is 23.7 Å². The van der Waals surface area contributed by atoms with Crippen LogP contribution in [0.2, 0.25) is 0 Å². The second kappa shape index (κ2) is 3.80. The molecule has 6 N–H and O–H groups in total. The number of hydrogen-bond donors (Lipinski definition) is 5. The molecule has 1 aliphatic rings. The lowest BCUT2D eigenvalue weighted by Crippen LogP contribution is -2.23. The molecule has 2 aromatic rings. The second-order valence-electron chi connectivity index (χ2n) is 4.26. The molecular weight excluding hydrogens is 234 g/mol. The van der Waals surface area contributed by atoms with Gasteiger partial charge in [-0.1, -0.05) is 0 Å². The van der Waals surface area contributed by atoms with Crippen molar-refractivity contribution in [2.24, 2.45) is 0 Å². The van der Waals surface area contributed by atoms with Gasteiger partial charge in [-0.3, -0.25) is 4.79 Å². The lowest BCUT2D eigenvalue weighted by molar-refractivity contribution is 0.0951. The molecule has 0 radical (unpaired) electrons. The van der Waals surface area contributed by atoms with Crippen LogP contribution in [-0.4, -0.2) is 32.5 Å². The molecule has 1 amide bonds. The van der Waals surface area contributed by atoms with E-state index in [2.05, 4.69) is 20.3 Å². The second-order valence-corrected chi connectivity index (χ2v) is 4.26. The zero-order valence-corrected chi connectivity index (χ0v) is 9.53. The third-order valence-corrected chi connectivity index (χ3v) is 3.18. The van der Waals surface area contributed by atoms with Gasteiger partial charge in [0, 0.05) is 18.7 Å². The number of carbonyl (C=O) groups excluding carboxylic acids is 1. The van der Waals surface area contributed by atoms with Crippen molar-refractivity contribution in [3.05, 3.63) is 29.2 Å². The Morgan fingerprint density at radius 1 is 1.50 bits per heavy atom. The molecule has 0 aromatic carbocycles. The predicted molar refractivity (Wildman–Crippen MR) is 64.3 cm³/mol. The average molecular weight is 247 g/mol. The van der Waals surface area contributed by atoms with E-state index in [9.17, 15) is 9.90 Å². The lowest BCUT2D eigenvalue weighted by Gasteiger charge is -2.12. The van der Waals surface area contributed by atoms with Crippen molar-refractivity contribution in [1.29, 1.82) is 0 Å². The molecule has 2 aromatic heterocycles. The molecule has 1 aliphatic heterocycles. The lowest BCUT2D eigenvalue weighted by atomic mass is 9.93. The summed E-state index contributed by atoms with van der Waals surface area (Å²) >= 11 is 0. The zero-order valence-electron chi connectivity index (χ0n) is 9.53. The number of nitrogens with zero attached hydrogens (tertiary/aromatic N) is 1. The highest BCUT2D eigenvalue weighted by molar-refractivity contribution is 5.94. The number of fused-ring (bicyclic) bond motifs is 1. The van der Waals surface area contributed by atoms with Crippen LogP contribution in [0, 0.1) is 0 Å². The number of carbonyl (C=O) groups is 1. The van der Waals surface area contributed by atoms with Crippen molar-refractivity contribution in [2.75, 3.05) is 12.3 Å². The molecule has 7 heteroatoms. The first-order valence-corrected chi connectivity index (χ1v) is 5.66.